The van der Waals surface area contributed by atoms with Crippen molar-refractivity contribution in [1.82, 2.24) is 5.32 Å². The predicted octanol–water partition coefficient (Wildman–Crippen LogP) is -0.322. The molecule has 0 aliphatic carbocycles. The molecule has 1 rings (SSSR count). The summed E-state index contributed by atoms with van der Waals surface area (Å²) in [4.78, 5) is 21.8. The lowest BCUT2D eigenvalue weighted by Crippen LogP contribution is -2.34. The van der Waals surface area contributed by atoms with Gasteiger partial charge in [-0.2, -0.15) is 0 Å². The maximum absolute atomic E-state index is 11.3. The molecule has 0 heterocycles. The largest absolute Gasteiger partial charge is 0.368 e. The van der Waals surface area contributed by atoms with Gasteiger partial charge in [-0.25, -0.2) is 0 Å². The van der Waals surface area contributed by atoms with E-state index in [0.29, 0.717) is 0 Å². The number of primary amides is 1. The zero-order chi connectivity index (χ0) is 12.0. The summed E-state index contributed by atoms with van der Waals surface area (Å²) in [5.41, 5.74) is 11.6. The molecule has 0 aliphatic heterocycles. The van der Waals surface area contributed by atoms with Gasteiger partial charge in [0.05, 0.1) is 6.54 Å². The summed E-state index contributed by atoms with van der Waals surface area (Å²) in [6, 6.07) is 8.93. The highest BCUT2D eigenvalue weighted by molar-refractivity contribution is 5.83. The summed E-state index contributed by atoms with van der Waals surface area (Å²) < 4.78 is 0. The van der Waals surface area contributed by atoms with Gasteiger partial charge < -0.3 is 16.8 Å². The molecule has 1 aromatic carbocycles. The molecule has 0 aliphatic rings. The fourth-order valence-electron chi connectivity index (χ4n) is 1.28. The van der Waals surface area contributed by atoms with E-state index in [9.17, 15) is 9.59 Å². The van der Waals surface area contributed by atoms with E-state index in [4.69, 9.17) is 11.5 Å². The van der Waals surface area contributed by atoms with E-state index in [2.05, 4.69) is 5.32 Å². The van der Waals surface area contributed by atoms with E-state index < -0.39 is 5.91 Å². The van der Waals surface area contributed by atoms with Gasteiger partial charge in [0.2, 0.25) is 11.8 Å². The molecule has 0 aromatic heterocycles. The van der Waals surface area contributed by atoms with Crippen LogP contribution >= 0.6 is 0 Å². The Morgan fingerprint density at radius 1 is 1.25 bits per heavy atom. The van der Waals surface area contributed by atoms with Crippen LogP contribution in [0.2, 0.25) is 0 Å². The molecule has 0 fully saturated rings. The average Bonchev–Trinajstić information content (AvgIpc) is 2.27. The minimum absolute atomic E-state index is 0.136. The number of hydrogen-bond donors (Lipinski definition) is 3. The lowest BCUT2D eigenvalue weighted by Gasteiger charge is -2.11. The summed E-state index contributed by atoms with van der Waals surface area (Å²) in [5.74, 6) is -0.850. The zero-order valence-electron chi connectivity index (χ0n) is 8.85. The Labute approximate surface area is 93.8 Å². The molecule has 16 heavy (non-hydrogen) atoms. The maximum Gasteiger partial charge on any atom is 0.236 e. The van der Waals surface area contributed by atoms with Gasteiger partial charge in [0.1, 0.15) is 0 Å². The van der Waals surface area contributed by atoms with Gasteiger partial charge in [-0.1, -0.05) is 30.3 Å². The van der Waals surface area contributed by atoms with Crippen LogP contribution < -0.4 is 16.8 Å². The normalized spacial score (nSPS) is 11.8. The minimum atomic E-state index is -0.568. The van der Waals surface area contributed by atoms with E-state index in [1.54, 1.807) is 0 Å². The molecule has 0 bridgehead atoms. The van der Waals surface area contributed by atoms with Crippen LogP contribution in [0.1, 0.15) is 18.0 Å². The molecular formula is C11H15N3O2. The first-order valence-corrected chi connectivity index (χ1v) is 4.95. The number of nitrogens with one attached hydrogen (secondary N) is 1. The number of nitrogens with two attached hydrogens (primary N) is 2. The van der Waals surface area contributed by atoms with E-state index in [-0.39, 0.29) is 24.9 Å². The van der Waals surface area contributed by atoms with Crippen LogP contribution in [-0.4, -0.2) is 18.4 Å². The van der Waals surface area contributed by atoms with Crippen molar-refractivity contribution in [1.29, 1.82) is 0 Å². The van der Waals surface area contributed by atoms with Crippen LogP contribution in [0.25, 0.3) is 0 Å². The van der Waals surface area contributed by atoms with E-state index in [1.165, 1.54) is 0 Å². The van der Waals surface area contributed by atoms with E-state index in [0.717, 1.165) is 5.56 Å². The van der Waals surface area contributed by atoms with Gasteiger partial charge in [-0.05, 0) is 5.56 Å². The first-order valence-electron chi connectivity index (χ1n) is 4.95. The molecular weight excluding hydrogens is 206 g/mol. The van der Waals surface area contributed by atoms with Crippen LogP contribution in [0.3, 0.4) is 0 Å². The quantitative estimate of drug-likeness (QED) is 0.635. The number of benzene rings is 1. The molecule has 1 atom stereocenters. The first-order chi connectivity index (χ1) is 7.59. The number of carbonyl (C=O) groups excluding carboxylic acids is 2. The van der Waals surface area contributed by atoms with Crippen molar-refractivity contribution >= 4 is 11.8 Å². The highest BCUT2D eigenvalue weighted by Crippen LogP contribution is 2.12. The molecule has 5 nitrogen and oxygen atoms in total. The second kappa shape index (κ2) is 5.87. The van der Waals surface area contributed by atoms with Crippen molar-refractivity contribution in [2.45, 2.75) is 12.5 Å². The van der Waals surface area contributed by atoms with Gasteiger partial charge in [-0.15, -0.1) is 0 Å². The highest BCUT2D eigenvalue weighted by atomic mass is 16.2. The third kappa shape index (κ3) is 4.10. The molecule has 5 heteroatoms. The van der Waals surface area contributed by atoms with Crippen molar-refractivity contribution in [3.8, 4) is 0 Å². The second-order valence-electron chi connectivity index (χ2n) is 3.46. The smallest absolute Gasteiger partial charge is 0.236 e. The molecule has 0 saturated heterocycles. The van der Waals surface area contributed by atoms with Gasteiger partial charge in [0.15, 0.2) is 0 Å². The minimum Gasteiger partial charge on any atom is -0.368 e. The lowest BCUT2D eigenvalue weighted by atomic mass is 10.0. The van der Waals surface area contributed by atoms with Gasteiger partial charge >= 0.3 is 0 Å². The summed E-state index contributed by atoms with van der Waals surface area (Å²) in [7, 11) is 0. The predicted molar refractivity (Wildman–Crippen MR) is 60.2 cm³/mol. The number of amides is 2. The molecule has 0 spiro atoms. The topological polar surface area (TPSA) is 98.2 Å². The Bertz CT molecular complexity index is 365. The molecule has 0 saturated carbocycles. The number of hydrogen-bond acceptors (Lipinski definition) is 3. The lowest BCUT2D eigenvalue weighted by molar-refractivity contribution is -0.125. The summed E-state index contributed by atoms with van der Waals surface area (Å²) in [5, 5.41) is 2.39. The SMILES string of the molecule is NC(=O)CNC(=O)CC(N)c1ccccc1. The monoisotopic (exact) mass is 221 g/mol. The van der Waals surface area contributed by atoms with Gasteiger partial charge in [0.25, 0.3) is 0 Å². The Morgan fingerprint density at radius 3 is 2.44 bits per heavy atom. The molecule has 1 aromatic rings. The summed E-state index contributed by atoms with van der Waals surface area (Å²) in [6.45, 7) is -0.152. The third-order valence-corrected chi connectivity index (χ3v) is 2.09. The highest BCUT2D eigenvalue weighted by Gasteiger charge is 2.11. The molecule has 0 radical (unpaired) electrons. The number of rotatable bonds is 5. The average molecular weight is 221 g/mol. The summed E-state index contributed by atoms with van der Waals surface area (Å²) in [6.07, 6.45) is 0.136. The van der Waals surface area contributed by atoms with Crippen molar-refractivity contribution < 1.29 is 9.59 Å². The van der Waals surface area contributed by atoms with Crippen LogP contribution in [-0.2, 0) is 9.59 Å². The van der Waals surface area contributed by atoms with Crippen LogP contribution in [0.15, 0.2) is 30.3 Å². The molecule has 5 N–H and O–H groups in total. The van der Waals surface area contributed by atoms with Crippen molar-refractivity contribution in [2.24, 2.45) is 11.5 Å². The Hall–Kier alpha value is -1.88. The van der Waals surface area contributed by atoms with E-state index >= 15 is 0 Å². The molecule has 2 amide bonds. The number of carbonyl (C=O) groups is 2. The van der Waals surface area contributed by atoms with Crippen LogP contribution in [0.4, 0.5) is 0 Å². The zero-order valence-corrected chi connectivity index (χ0v) is 8.85. The van der Waals surface area contributed by atoms with Crippen molar-refractivity contribution in [2.75, 3.05) is 6.54 Å². The standard InChI is InChI=1S/C11H15N3O2/c12-9(8-4-2-1-3-5-8)6-11(16)14-7-10(13)15/h1-5,9H,6-7,12H2,(H2,13,15)(H,14,16). The van der Waals surface area contributed by atoms with E-state index in [1.807, 2.05) is 30.3 Å². The third-order valence-electron chi connectivity index (χ3n) is 2.09. The first kappa shape index (κ1) is 12.2. The Kier molecular flexibility index (Phi) is 4.47. The molecule has 86 valence electrons. The summed E-state index contributed by atoms with van der Waals surface area (Å²) >= 11 is 0. The second-order valence-corrected chi connectivity index (χ2v) is 3.46. The maximum atomic E-state index is 11.3. The van der Waals surface area contributed by atoms with Crippen molar-refractivity contribution in [3.63, 3.8) is 0 Å². The van der Waals surface area contributed by atoms with Crippen LogP contribution in [0, 0.1) is 0 Å². The fraction of sp³-hybridized carbons (Fsp3) is 0.273. The van der Waals surface area contributed by atoms with Gasteiger partial charge in [-0.3, -0.25) is 9.59 Å². The van der Waals surface area contributed by atoms with Crippen molar-refractivity contribution in [3.05, 3.63) is 35.9 Å². The Balaban J connectivity index is 2.43. The van der Waals surface area contributed by atoms with Crippen LogP contribution in [0.5, 0.6) is 0 Å². The van der Waals surface area contributed by atoms with Gasteiger partial charge in [0, 0.05) is 12.5 Å². The Morgan fingerprint density at radius 2 is 1.88 bits per heavy atom. The molecule has 1 unspecified atom stereocenters. The fourth-order valence-corrected chi connectivity index (χ4v) is 1.28.